The molecule has 2 amide bonds. The average molecular weight is 349 g/mol. The highest BCUT2D eigenvalue weighted by atomic mass is 32.2. The molecule has 1 aliphatic carbocycles. The number of nitrogens with one attached hydrogen (secondary N) is 1. The van der Waals surface area contributed by atoms with Gasteiger partial charge in [-0.15, -0.1) is 9.24 Å². The number of fused-ring (bicyclic) bond motifs is 5. The first kappa shape index (κ1) is 14.8. The lowest BCUT2D eigenvalue weighted by Crippen LogP contribution is -2.34. The molecule has 2 aromatic carbocycles. The molecule has 1 heterocycles. The molecule has 1 aliphatic heterocycles. The second-order valence-corrected chi connectivity index (χ2v) is 7.45. The number of rotatable bonds is 0. The minimum atomic E-state index is -1.43. The van der Waals surface area contributed by atoms with Crippen LogP contribution in [-0.2, 0) is 9.54 Å². The monoisotopic (exact) mass is 349 g/mol. The van der Waals surface area contributed by atoms with E-state index in [0.717, 1.165) is 34.8 Å². The van der Waals surface area contributed by atoms with Crippen molar-refractivity contribution >= 4 is 37.5 Å². The lowest BCUT2D eigenvalue weighted by Gasteiger charge is -2.21. The van der Waals surface area contributed by atoms with Crippen LogP contribution in [0, 0.1) is 18.6 Å². The van der Waals surface area contributed by atoms with Crippen LogP contribution in [0.1, 0.15) is 16.7 Å². The predicted octanol–water partition coefficient (Wildman–Crippen LogP) is 2.98. The van der Waals surface area contributed by atoms with Crippen molar-refractivity contribution in [2.24, 2.45) is 0 Å². The van der Waals surface area contributed by atoms with Crippen LogP contribution >= 0.6 is 21.0 Å². The van der Waals surface area contributed by atoms with Crippen LogP contribution in [0.3, 0.4) is 0 Å². The van der Waals surface area contributed by atoms with Gasteiger partial charge in [0, 0.05) is 11.6 Å². The number of imide groups is 1. The standard InChI is InChI=1S/C16H10F2NO2PS/c1-6-2-8(22)5-10-12(6)13-9(3-7(17)4-11(13)18)16(10)14(20)19-15(21)23-16/h2-5H,22H2,1H3,(H,19,20,21). The van der Waals surface area contributed by atoms with Crippen LogP contribution in [0.5, 0.6) is 0 Å². The van der Waals surface area contributed by atoms with Gasteiger partial charge >= 0.3 is 0 Å². The summed E-state index contributed by atoms with van der Waals surface area (Å²) in [5.41, 5.74) is 2.23. The molecule has 0 aromatic heterocycles. The molecule has 4 rings (SSSR count). The average Bonchev–Trinajstić information content (AvgIpc) is 2.88. The fraction of sp³-hybridized carbons (Fsp3) is 0.125. The van der Waals surface area contributed by atoms with Gasteiger partial charge in [0.1, 0.15) is 11.6 Å². The number of aryl methyl sites for hydroxylation is 1. The zero-order valence-electron chi connectivity index (χ0n) is 11.9. The zero-order valence-corrected chi connectivity index (χ0v) is 13.8. The Morgan fingerprint density at radius 2 is 1.78 bits per heavy atom. The van der Waals surface area contributed by atoms with Crippen molar-refractivity contribution in [3.8, 4) is 11.1 Å². The Hall–Kier alpha value is -1.78. The molecular weight excluding hydrogens is 339 g/mol. The van der Waals surface area contributed by atoms with Gasteiger partial charge in [-0.1, -0.05) is 6.07 Å². The topological polar surface area (TPSA) is 46.2 Å². The Labute approximate surface area is 137 Å². The third kappa shape index (κ3) is 1.79. The Morgan fingerprint density at radius 1 is 1.09 bits per heavy atom. The van der Waals surface area contributed by atoms with Crippen molar-refractivity contribution in [1.29, 1.82) is 0 Å². The maximum atomic E-state index is 14.5. The van der Waals surface area contributed by atoms with Gasteiger partial charge < -0.3 is 0 Å². The molecule has 2 aromatic rings. The first-order valence-electron chi connectivity index (χ1n) is 6.79. The summed E-state index contributed by atoms with van der Waals surface area (Å²) in [5.74, 6) is -2.07. The summed E-state index contributed by atoms with van der Waals surface area (Å²) in [6.07, 6.45) is 0. The molecule has 116 valence electrons. The van der Waals surface area contributed by atoms with E-state index >= 15 is 0 Å². The van der Waals surface area contributed by atoms with Gasteiger partial charge in [0.05, 0.1) is 0 Å². The second-order valence-electron chi connectivity index (χ2n) is 5.60. The summed E-state index contributed by atoms with van der Waals surface area (Å²) in [5, 5.41) is 2.53. The molecule has 1 spiro atoms. The normalized spacial score (nSPS) is 21.6. The van der Waals surface area contributed by atoms with Gasteiger partial charge in [0.15, 0.2) is 4.75 Å². The Bertz CT molecular complexity index is 871. The van der Waals surface area contributed by atoms with E-state index in [2.05, 4.69) is 14.6 Å². The van der Waals surface area contributed by atoms with Crippen LogP contribution in [-0.4, -0.2) is 11.1 Å². The highest BCUT2D eigenvalue weighted by Gasteiger charge is 2.57. The summed E-state index contributed by atoms with van der Waals surface area (Å²) in [4.78, 5) is 24.4. The van der Waals surface area contributed by atoms with E-state index in [1.165, 1.54) is 0 Å². The van der Waals surface area contributed by atoms with Crippen molar-refractivity contribution in [1.82, 2.24) is 5.32 Å². The van der Waals surface area contributed by atoms with Gasteiger partial charge in [-0.2, -0.15) is 0 Å². The maximum Gasteiger partial charge on any atom is 0.287 e. The molecule has 2 unspecified atom stereocenters. The van der Waals surface area contributed by atoms with Gasteiger partial charge in [-0.05, 0) is 58.4 Å². The third-order valence-corrected chi connectivity index (χ3v) is 5.75. The van der Waals surface area contributed by atoms with Gasteiger partial charge in [-0.3, -0.25) is 14.9 Å². The van der Waals surface area contributed by atoms with Crippen LogP contribution in [0.25, 0.3) is 11.1 Å². The molecule has 3 nitrogen and oxygen atoms in total. The van der Waals surface area contributed by atoms with Gasteiger partial charge in [0.25, 0.3) is 11.1 Å². The third-order valence-electron chi connectivity index (χ3n) is 4.20. The van der Waals surface area contributed by atoms with Crippen LogP contribution in [0.4, 0.5) is 13.6 Å². The first-order valence-corrected chi connectivity index (χ1v) is 8.19. The highest BCUT2D eigenvalue weighted by Crippen LogP contribution is 2.58. The maximum absolute atomic E-state index is 14.5. The SMILES string of the molecule is Cc1cc(P)cc2c1-c1c(F)cc(F)cc1C21SC(=O)NC1=O. The van der Waals surface area contributed by atoms with E-state index < -0.39 is 27.5 Å². The van der Waals surface area contributed by atoms with Gasteiger partial charge in [-0.25, -0.2) is 8.78 Å². The number of carbonyl (C=O) groups excluding carboxylic acids is 2. The smallest absolute Gasteiger partial charge is 0.285 e. The second kappa shape index (κ2) is 4.62. The van der Waals surface area contributed by atoms with Crippen molar-refractivity contribution < 1.29 is 18.4 Å². The van der Waals surface area contributed by atoms with Gasteiger partial charge in [0.2, 0.25) is 0 Å². The molecular formula is C16H10F2NO2PS. The molecule has 2 aliphatic rings. The lowest BCUT2D eigenvalue weighted by molar-refractivity contribution is -0.120. The summed E-state index contributed by atoms with van der Waals surface area (Å²) in [6.45, 7) is 1.80. The van der Waals surface area contributed by atoms with Crippen LogP contribution in [0.2, 0.25) is 0 Å². The molecule has 0 radical (unpaired) electrons. The van der Waals surface area contributed by atoms with Crippen molar-refractivity contribution in [2.75, 3.05) is 0 Å². The Kier molecular flexibility index (Phi) is 2.97. The number of hydrogen-bond acceptors (Lipinski definition) is 3. The fourth-order valence-corrected chi connectivity index (χ4v) is 4.95. The molecule has 0 saturated carbocycles. The quantitative estimate of drug-likeness (QED) is 0.744. The Morgan fingerprint density at radius 3 is 2.43 bits per heavy atom. The molecule has 0 bridgehead atoms. The van der Waals surface area contributed by atoms with Crippen LogP contribution < -0.4 is 10.6 Å². The number of thioether (sulfide) groups is 1. The zero-order chi connectivity index (χ0) is 16.5. The van der Waals surface area contributed by atoms with Crippen molar-refractivity contribution in [3.05, 3.63) is 52.6 Å². The highest BCUT2D eigenvalue weighted by molar-refractivity contribution is 8.15. The van der Waals surface area contributed by atoms with Crippen molar-refractivity contribution in [3.63, 3.8) is 0 Å². The summed E-state index contributed by atoms with van der Waals surface area (Å²) in [7, 11) is 2.53. The fourth-order valence-electron chi connectivity index (χ4n) is 3.42. The summed E-state index contributed by atoms with van der Waals surface area (Å²) in [6, 6.07) is 5.52. The number of amides is 2. The molecule has 7 heteroatoms. The van der Waals surface area contributed by atoms with E-state index in [-0.39, 0.29) is 11.1 Å². The molecule has 2 atom stereocenters. The van der Waals surface area contributed by atoms with E-state index in [4.69, 9.17) is 0 Å². The van der Waals surface area contributed by atoms with E-state index in [9.17, 15) is 18.4 Å². The largest absolute Gasteiger partial charge is 0.287 e. The van der Waals surface area contributed by atoms with E-state index in [0.29, 0.717) is 11.1 Å². The minimum Gasteiger partial charge on any atom is -0.285 e. The minimum absolute atomic E-state index is 0.192. The van der Waals surface area contributed by atoms with Crippen molar-refractivity contribution in [2.45, 2.75) is 11.7 Å². The summed E-state index contributed by atoms with van der Waals surface area (Å²) >= 11 is 0.762. The first-order chi connectivity index (χ1) is 10.8. The summed E-state index contributed by atoms with van der Waals surface area (Å²) < 4.78 is 26.9. The van der Waals surface area contributed by atoms with E-state index in [1.54, 1.807) is 13.0 Å². The Balaban J connectivity index is 2.20. The van der Waals surface area contributed by atoms with Crippen LogP contribution in [0.15, 0.2) is 24.3 Å². The number of hydrogen-bond donors (Lipinski definition) is 1. The molecule has 1 saturated heterocycles. The molecule has 23 heavy (non-hydrogen) atoms. The predicted molar refractivity (Wildman–Crippen MR) is 87.8 cm³/mol. The number of halogens is 2. The van der Waals surface area contributed by atoms with E-state index in [1.807, 2.05) is 6.07 Å². The molecule has 1 N–H and O–H groups in total. The number of carbonyl (C=O) groups is 2. The lowest BCUT2D eigenvalue weighted by atomic mass is 9.94. The number of benzene rings is 2. The molecule has 1 fully saturated rings.